The van der Waals surface area contributed by atoms with Crippen LogP contribution in [-0.4, -0.2) is 62.3 Å². The van der Waals surface area contributed by atoms with Crippen LogP contribution in [-0.2, 0) is 9.53 Å². The molecule has 2 aromatic rings. The highest BCUT2D eigenvalue weighted by molar-refractivity contribution is 5.73. The Bertz CT molecular complexity index is 703. The first-order valence-corrected chi connectivity index (χ1v) is 7.08. The van der Waals surface area contributed by atoms with Crippen LogP contribution in [0.25, 0.3) is 11.3 Å². The van der Waals surface area contributed by atoms with Gasteiger partial charge in [0, 0.05) is 11.6 Å². The Labute approximate surface area is 135 Å². The Morgan fingerprint density at radius 1 is 1.08 bits per heavy atom. The van der Waals surface area contributed by atoms with Gasteiger partial charge in [-0.2, -0.15) is 0 Å². The lowest BCUT2D eigenvalue weighted by atomic mass is 9.99. The first kappa shape index (κ1) is 16.4. The van der Waals surface area contributed by atoms with Gasteiger partial charge in [-0.25, -0.2) is 4.79 Å². The molecule has 1 fully saturated rings. The van der Waals surface area contributed by atoms with Crippen LogP contribution in [0.3, 0.4) is 0 Å². The highest BCUT2D eigenvalue weighted by Gasteiger charge is 2.48. The van der Waals surface area contributed by atoms with E-state index in [0.29, 0.717) is 5.76 Å². The lowest BCUT2D eigenvalue weighted by Gasteiger charge is -2.37. The maximum absolute atomic E-state index is 11.0. The standard InChI is InChI=1S/C15H15NO8/c17-10-11(18)13(14(20)21)23-15(12(10)19)22-9-6-8(24-16-9)7-4-2-1-3-5-7/h1-6,10-13,15,17-19H,(H,20,21)/t10-,11-,12+,13-,15+/m0/s1. The number of aromatic nitrogens is 1. The van der Waals surface area contributed by atoms with Crippen molar-refractivity contribution in [3.05, 3.63) is 36.4 Å². The molecule has 0 amide bonds. The zero-order valence-corrected chi connectivity index (χ0v) is 12.2. The molecular weight excluding hydrogens is 322 g/mol. The van der Waals surface area contributed by atoms with E-state index in [9.17, 15) is 20.1 Å². The summed E-state index contributed by atoms with van der Waals surface area (Å²) in [6.45, 7) is 0. The van der Waals surface area contributed by atoms with Crippen molar-refractivity contribution in [2.75, 3.05) is 0 Å². The molecule has 0 spiro atoms. The Kier molecular flexibility index (Phi) is 4.49. The van der Waals surface area contributed by atoms with E-state index in [2.05, 4.69) is 5.16 Å². The molecule has 9 nitrogen and oxygen atoms in total. The topological polar surface area (TPSA) is 142 Å². The molecular formula is C15H15NO8. The molecule has 24 heavy (non-hydrogen) atoms. The van der Waals surface area contributed by atoms with Crippen molar-refractivity contribution in [2.45, 2.75) is 30.7 Å². The smallest absolute Gasteiger partial charge is 0.335 e. The average molecular weight is 337 g/mol. The summed E-state index contributed by atoms with van der Waals surface area (Å²) < 4.78 is 15.4. The van der Waals surface area contributed by atoms with E-state index in [1.807, 2.05) is 18.2 Å². The van der Waals surface area contributed by atoms with Gasteiger partial charge < -0.3 is 34.4 Å². The predicted octanol–water partition coefficient (Wildman–Crippen LogP) is -0.387. The van der Waals surface area contributed by atoms with E-state index in [4.69, 9.17) is 19.1 Å². The van der Waals surface area contributed by atoms with Gasteiger partial charge in [0.1, 0.15) is 18.3 Å². The highest BCUT2D eigenvalue weighted by Crippen LogP contribution is 2.27. The molecule has 0 bridgehead atoms. The van der Waals surface area contributed by atoms with Crippen LogP contribution < -0.4 is 4.74 Å². The summed E-state index contributed by atoms with van der Waals surface area (Å²) in [6, 6.07) is 10.5. The Hall–Kier alpha value is -2.46. The van der Waals surface area contributed by atoms with Gasteiger partial charge in [0.15, 0.2) is 11.9 Å². The number of aliphatic hydroxyl groups is 3. The van der Waals surface area contributed by atoms with E-state index >= 15 is 0 Å². The van der Waals surface area contributed by atoms with Crippen LogP contribution in [0.15, 0.2) is 40.9 Å². The van der Waals surface area contributed by atoms with Gasteiger partial charge in [-0.05, 0) is 5.16 Å². The molecule has 4 N–H and O–H groups in total. The number of carboxylic acids is 1. The molecule has 0 saturated carbocycles. The summed E-state index contributed by atoms with van der Waals surface area (Å²) in [5.41, 5.74) is 0.740. The number of hydrogen-bond donors (Lipinski definition) is 4. The fourth-order valence-electron chi connectivity index (χ4n) is 2.32. The fraction of sp³-hybridized carbons (Fsp3) is 0.333. The minimum Gasteiger partial charge on any atom is -0.479 e. The van der Waals surface area contributed by atoms with Gasteiger partial charge >= 0.3 is 5.97 Å². The van der Waals surface area contributed by atoms with E-state index in [1.54, 1.807) is 12.1 Å². The van der Waals surface area contributed by atoms with Crippen LogP contribution in [0.1, 0.15) is 0 Å². The normalized spacial score (nSPS) is 30.0. The number of nitrogens with zero attached hydrogens (tertiary/aromatic N) is 1. The van der Waals surface area contributed by atoms with Crippen molar-refractivity contribution in [1.29, 1.82) is 0 Å². The van der Waals surface area contributed by atoms with Gasteiger partial charge in [-0.1, -0.05) is 30.3 Å². The number of aliphatic carboxylic acids is 1. The largest absolute Gasteiger partial charge is 0.479 e. The first-order chi connectivity index (χ1) is 11.5. The molecule has 0 aliphatic carbocycles. The van der Waals surface area contributed by atoms with Crippen LogP contribution in [0.2, 0.25) is 0 Å². The molecule has 9 heteroatoms. The predicted molar refractivity (Wildman–Crippen MR) is 76.9 cm³/mol. The maximum atomic E-state index is 11.0. The van der Waals surface area contributed by atoms with E-state index in [0.717, 1.165) is 5.56 Å². The quantitative estimate of drug-likeness (QED) is 0.586. The fourth-order valence-corrected chi connectivity index (χ4v) is 2.32. The van der Waals surface area contributed by atoms with Crippen molar-refractivity contribution in [3.8, 4) is 17.2 Å². The van der Waals surface area contributed by atoms with Gasteiger partial charge in [0.2, 0.25) is 6.29 Å². The van der Waals surface area contributed by atoms with Crippen molar-refractivity contribution < 1.29 is 39.2 Å². The minimum atomic E-state index is -1.78. The van der Waals surface area contributed by atoms with Crippen molar-refractivity contribution in [1.82, 2.24) is 5.16 Å². The lowest BCUT2D eigenvalue weighted by molar-refractivity contribution is -0.272. The van der Waals surface area contributed by atoms with Crippen molar-refractivity contribution >= 4 is 5.97 Å². The summed E-state index contributed by atoms with van der Waals surface area (Å²) in [6.07, 6.45) is -8.46. The lowest BCUT2D eigenvalue weighted by Crippen LogP contribution is -2.61. The van der Waals surface area contributed by atoms with Gasteiger partial charge in [-0.15, -0.1) is 0 Å². The van der Waals surface area contributed by atoms with Crippen LogP contribution in [0, 0.1) is 0 Å². The highest BCUT2D eigenvalue weighted by atomic mass is 16.7. The molecule has 1 aliphatic heterocycles. The summed E-state index contributed by atoms with van der Waals surface area (Å²) in [5, 5.41) is 41.9. The zero-order valence-electron chi connectivity index (χ0n) is 12.2. The van der Waals surface area contributed by atoms with Crippen molar-refractivity contribution in [2.24, 2.45) is 0 Å². The van der Waals surface area contributed by atoms with E-state index in [-0.39, 0.29) is 5.88 Å². The number of carboxylic acid groups (broad SMARTS) is 1. The first-order valence-electron chi connectivity index (χ1n) is 7.08. The Morgan fingerprint density at radius 3 is 2.46 bits per heavy atom. The second-order valence-corrected chi connectivity index (χ2v) is 5.25. The molecule has 1 aromatic carbocycles. The molecule has 128 valence electrons. The number of aliphatic hydroxyl groups excluding tert-OH is 3. The molecule has 5 atom stereocenters. The van der Waals surface area contributed by atoms with Gasteiger partial charge in [0.25, 0.3) is 5.88 Å². The molecule has 1 aliphatic rings. The third-order valence-corrected chi connectivity index (χ3v) is 3.60. The number of carbonyl (C=O) groups is 1. The van der Waals surface area contributed by atoms with Crippen LogP contribution in [0.4, 0.5) is 0 Å². The molecule has 1 saturated heterocycles. The van der Waals surface area contributed by atoms with Crippen LogP contribution >= 0.6 is 0 Å². The third kappa shape index (κ3) is 3.10. The molecule has 0 unspecified atom stereocenters. The number of rotatable bonds is 4. The SMILES string of the molecule is O=C(O)[C@H]1O[C@@H](Oc2cc(-c3ccccc3)on2)[C@H](O)[C@@H](O)[C@@H]1O. The summed E-state index contributed by atoms with van der Waals surface area (Å²) >= 11 is 0. The van der Waals surface area contributed by atoms with Gasteiger partial charge in [-0.3, -0.25) is 0 Å². The van der Waals surface area contributed by atoms with E-state index in [1.165, 1.54) is 6.07 Å². The summed E-state index contributed by atoms with van der Waals surface area (Å²) in [7, 11) is 0. The van der Waals surface area contributed by atoms with Gasteiger partial charge in [0.05, 0.1) is 0 Å². The number of hydrogen-bond acceptors (Lipinski definition) is 8. The molecule has 1 aromatic heterocycles. The third-order valence-electron chi connectivity index (χ3n) is 3.60. The zero-order chi connectivity index (χ0) is 17.3. The maximum Gasteiger partial charge on any atom is 0.335 e. The number of benzene rings is 1. The molecule has 2 heterocycles. The second kappa shape index (κ2) is 6.57. The van der Waals surface area contributed by atoms with Crippen molar-refractivity contribution in [3.63, 3.8) is 0 Å². The number of ether oxygens (including phenoxy) is 2. The molecule has 0 radical (unpaired) electrons. The van der Waals surface area contributed by atoms with E-state index < -0.39 is 36.7 Å². The van der Waals surface area contributed by atoms with Crippen LogP contribution in [0.5, 0.6) is 5.88 Å². The molecule has 3 rings (SSSR count). The Morgan fingerprint density at radius 2 is 1.79 bits per heavy atom. The summed E-state index contributed by atoms with van der Waals surface area (Å²) in [4.78, 5) is 11.0. The Balaban J connectivity index is 1.75. The second-order valence-electron chi connectivity index (χ2n) is 5.25. The monoisotopic (exact) mass is 337 g/mol. The minimum absolute atomic E-state index is 0.0642. The summed E-state index contributed by atoms with van der Waals surface area (Å²) in [5.74, 6) is -1.16. The average Bonchev–Trinajstić information content (AvgIpc) is 3.04.